The first-order chi connectivity index (χ1) is 10.2. The zero-order chi connectivity index (χ0) is 14.8. The van der Waals surface area contributed by atoms with Crippen LogP contribution in [-0.4, -0.2) is 19.5 Å². The molecule has 2 aromatic heterocycles. The monoisotopic (exact) mass is 343 g/mol. The molecule has 0 aliphatic heterocycles. The van der Waals surface area contributed by atoms with Gasteiger partial charge in [-0.15, -0.1) is 0 Å². The molecule has 21 heavy (non-hydrogen) atoms. The van der Waals surface area contributed by atoms with Crippen LogP contribution in [0.3, 0.4) is 0 Å². The van der Waals surface area contributed by atoms with Crippen molar-refractivity contribution in [2.45, 2.75) is 39.5 Å². The van der Waals surface area contributed by atoms with E-state index in [0.717, 1.165) is 5.69 Å². The molecule has 3 aromatic rings. The van der Waals surface area contributed by atoms with Crippen LogP contribution in [0.5, 0.6) is 0 Å². The summed E-state index contributed by atoms with van der Waals surface area (Å²) in [6, 6.07) is 11.4. The third-order valence-electron chi connectivity index (χ3n) is 4.19. The van der Waals surface area contributed by atoms with Gasteiger partial charge < -0.3 is 0 Å². The molecule has 0 bridgehead atoms. The Bertz CT molecular complexity index is 753. The zero-order valence-electron chi connectivity index (χ0n) is 12.9. The summed E-state index contributed by atoms with van der Waals surface area (Å²) >= 11 is 0.481. The van der Waals surface area contributed by atoms with Crippen LogP contribution in [-0.2, 0) is 0 Å². The van der Waals surface area contributed by atoms with Crippen LogP contribution in [0.4, 0.5) is 0 Å². The number of pyridine rings is 1. The van der Waals surface area contributed by atoms with E-state index in [1.165, 1.54) is 39.2 Å². The molecule has 0 saturated heterocycles. The van der Waals surface area contributed by atoms with E-state index < -0.39 is 0 Å². The van der Waals surface area contributed by atoms with E-state index in [-0.39, 0.29) is 0 Å². The number of hydrogen-bond acceptors (Lipinski definition) is 1. The maximum absolute atomic E-state index is 4.67. The predicted molar refractivity (Wildman–Crippen MR) is 92.2 cm³/mol. The van der Waals surface area contributed by atoms with Crippen LogP contribution in [0.1, 0.15) is 43.7 Å². The van der Waals surface area contributed by atoms with Crippen LogP contribution in [0.2, 0.25) is 0 Å². The van der Waals surface area contributed by atoms with Gasteiger partial charge in [0.1, 0.15) is 0 Å². The summed E-state index contributed by atoms with van der Waals surface area (Å²) in [5.41, 5.74) is 5.18. The molecule has 0 saturated carbocycles. The minimum absolute atomic E-state index is 0.481. The van der Waals surface area contributed by atoms with Gasteiger partial charge in [-0.1, -0.05) is 0 Å². The number of aryl methyl sites for hydroxylation is 1. The van der Waals surface area contributed by atoms with Crippen molar-refractivity contribution in [3.05, 3.63) is 52.6 Å². The molecule has 0 spiro atoms. The third kappa shape index (κ3) is 2.97. The molecule has 1 aromatic carbocycles. The van der Waals surface area contributed by atoms with E-state index in [1.807, 2.05) is 6.20 Å². The van der Waals surface area contributed by atoms with E-state index in [0.29, 0.717) is 20.4 Å². The van der Waals surface area contributed by atoms with Gasteiger partial charge in [-0.2, -0.15) is 0 Å². The Hall–Kier alpha value is -1.37. The van der Waals surface area contributed by atoms with Crippen molar-refractivity contribution in [3.63, 3.8) is 0 Å². The Balaban J connectivity index is 2.08. The fourth-order valence-corrected chi connectivity index (χ4v) is 4.64. The van der Waals surface area contributed by atoms with Crippen molar-refractivity contribution in [3.8, 4) is 11.3 Å². The number of benzene rings is 1. The number of rotatable bonds is 4. The molecule has 0 amide bonds. The maximum atomic E-state index is 4.67. The molecule has 0 unspecified atom stereocenters. The molecule has 108 valence electrons. The van der Waals surface area contributed by atoms with Gasteiger partial charge in [0.15, 0.2) is 0 Å². The van der Waals surface area contributed by atoms with Crippen molar-refractivity contribution in [2.24, 2.45) is 0 Å². The second kappa shape index (κ2) is 6.17. The SMILES string of the molecule is CCC(CC)c1cc(C)cc(-c2cc3[se]ccc3cn2)c1. The summed E-state index contributed by atoms with van der Waals surface area (Å²) in [6.45, 7) is 6.74. The summed E-state index contributed by atoms with van der Waals surface area (Å²) in [7, 11) is 0. The average molecular weight is 342 g/mol. The van der Waals surface area contributed by atoms with Gasteiger partial charge in [-0.25, -0.2) is 0 Å². The number of hydrogen-bond donors (Lipinski definition) is 0. The van der Waals surface area contributed by atoms with Gasteiger partial charge in [0, 0.05) is 0 Å². The second-order valence-electron chi connectivity index (χ2n) is 5.67. The number of aromatic nitrogens is 1. The molecule has 0 aliphatic rings. The summed E-state index contributed by atoms with van der Waals surface area (Å²) < 4.78 is 1.46. The normalized spacial score (nSPS) is 11.4. The third-order valence-corrected chi connectivity index (χ3v) is 6.04. The molecular formula is C19H21NSe. The Morgan fingerprint density at radius 2 is 1.90 bits per heavy atom. The first-order valence-corrected chi connectivity index (χ1v) is 9.51. The van der Waals surface area contributed by atoms with Crippen LogP contribution < -0.4 is 0 Å². The van der Waals surface area contributed by atoms with Gasteiger partial charge in [-0.05, 0) is 0 Å². The Morgan fingerprint density at radius 3 is 2.67 bits per heavy atom. The van der Waals surface area contributed by atoms with E-state index in [1.54, 1.807) is 0 Å². The molecular weight excluding hydrogens is 321 g/mol. The molecule has 3 rings (SSSR count). The fraction of sp³-hybridized carbons (Fsp3) is 0.316. The van der Waals surface area contributed by atoms with Crippen LogP contribution >= 0.6 is 0 Å². The Kier molecular flexibility index (Phi) is 4.28. The van der Waals surface area contributed by atoms with E-state index in [9.17, 15) is 0 Å². The average Bonchev–Trinajstić information content (AvgIpc) is 2.95. The van der Waals surface area contributed by atoms with Crippen molar-refractivity contribution < 1.29 is 0 Å². The summed E-state index contributed by atoms with van der Waals surface area (Å²) in [4.78, 5) is 6.95. The first kappa shape index (κ1) is 14.6. The van der Waals surface area contributed by atoms with Gasteiger partial charge >= 0.3 is 133 Å². The molecule has 2 heteroatoms. The number of nitrogens with zero attached hydrogens (tertiary/aromatic N) is 1. The van der Waals surface area contributed by atoms with Crippen molar-refractivity contribution in [2.75, 3.05) is 0 Å². The van der Waals surface area contributed by atoms with Crippen molar-refractivity contribution in [1.29, 1.82) is 0 Å². The van der Waals surface area contributed by atoms with Crippen LogP contribution in [0.15, 0.2) is 41.5 Å². The summed E-state index contributed by atoms with van der Waals surface area (Å²) in [5.74, 6) is 0.656. The molecule has 0 N–H and O–H groups in total. The first-order valence-electron chi connectivity index (χ1n) is 7.66. The second-order valence-corrected chi connectivity index (χ2v) is 7.66. The predicted octanol–water partition coefficient (Wildman–Crippen LogP) is 5.17. The van der Waals surface area contributed by atoms with E-state index in [4.69, 9.17) is 0 Å². The van der Waals surface area contributed by atoms with Crippen LogP contribution in [0, 0.1) is 6.92 Å². The molecule has 0 atom stereocenters. The topological polar surface area (TPSA) is 12.9 Å². The minimum atomic E-state index is 0.481. The fourth-order valence-electron chi connectivity index (χ4n) is 2.97. The van der Waals surface area contributed by atoms with Crippen molar-refractivity contribution >= 4 is 24.1 Å². The van der Waals surface area contributed by atoms with Crippen LogP contribution in [0.25, 0.3) is 20.9 Å². The molecule has 1 nitrogen and oxygen atoms in total. The molecule has 0 aliphatic carbocycles. The molecule has 2 heterocycles. The van der Waals surface area contributed by atoms with Gasteiger partial charge in [0.2, 0.25) is 0 Å². The summed E-state index contributed by atoms with van der Waals surface area (Å²) in [6.07, 6.45) is 4.42. The summed E-state index contributed by atoms with van der Waals surface area (Å²) in [5, 5.41) is 1.30. The zero-order valence-corrected chi connectivity index (χ0v) is 14.6. The Labute approximate surface area is 132 Å². The standard InChI is InChI=1S/C19H21NSe/c1-4-14(5-2)16-8-13(3)9-17(10-16)18-11-19-15(12-20-18)6-7-21-19/h6-12,14H,4-5H2,1-3H3. The molecule has 0 radical (unpaired) electrons. The van der Waals surface area contributed by atoms with Gasteiger partial charge in [-0.3, -0.25) is 0 Å². The van der Waals surface area contributed by atoms with E-state index >= 15 is 0 Å². The number of fused-ring (bicyclic) bond motifs is 1. The van der Waals surface area contributed by atoms with Gasteiger partial charge in [0.25, 0.3) is 0 Å². The quantitative estimate of drug-likeness (QED) is 0.596. The van der Waals surface area contributed by atoms with E-state index in [2.05, 4.69) is 61.0 Å². The Morgan fingerprint density at radius 1 is 1.10 bits per heavy atom. The molecule has 0 fully saturated rings. The van der Waals surface area contributed by atoms with Crippen molar-refractivity contribution in [1.82, 2.24) is 4.98 Å². The van der Waals surface area contributed by atoms with Gasteiger partial charge in [0.05, 0.1) is 0 Å².